The van der Waals surface area contributed by atoms with E-state index in [1.165, 1.54) is 76.7 Å². The third kappa shape index (κ3) is 4.58. The van der Waals surface area contributed by atoms with Gasteiger partial charge >= 0.3 is 0 Å². The van der Waals surface area contributed by atoms with Crippen LogP contribution in [-0.4, -0.2) is 0 Å². The average Bonchev–Trinajstić information content (AvgIpc) is 2.76. The van der Waals surface area contributed by atoms with Crippen LogP contribution in [-0.2, 0) is 12.8 Å². The number of hydrogen-bond donors (Lipinski definition) is 0. The zero-order valence-corrected chi connectivity index (χ0v) is 18.6. The van der Waals surface area contributed by atoms with Crippen LogP contribution in [0.25, 0.3) is 0 Å². The summed E-state index contributed by atoms with van der Waals surface area (Å²) < 4.78 is 28.6. The summed E-state index contributed by atoms with van der Waals surface area (Å²) in [7, 11) is 0. The summed E-state index contributed by atoms with van der Waals surface area (Å²) in [6, 6.07) is 3.13. The standard InChI is InChI=1S/C27H37F2N/c1-2-3-4-5-6-18-7-8-20-14-21(10-9-19(20)13-18)22-11-12-24-23(15-22)16-26(28)25(17-30)27(24)29/h16,18-22H,2-15H2,1H3. The molecule has 0 saturated heterocycles. The predicted octanol–water partition coefficient (Wildman–Crippen LogP) is 7.74. The highest BCUT2D eigenvalue weighted by atomic mass is 19.1. The molecule has 1 aromatic carbocycles. The van der Waals surface area contributed by atoms with Gasteiger partial charge in [0.2, 0.25) is 0 Å². The summed E-state index contributed by atoms with van der Waals surface area (Å²) in [5, 5.41) is 9.03. The lowest BCUT2D eigenvalue weighted by Gasteiger charge is -2.45. The maximum atomic E-state index is 14.5. The van der Waals surface area contributed by atoms with Crippen LogP contribution >= 0.6 is 0 Å². The predicted molar refractivity (Wildman–Crippen MR) is 117 cm³/mol. The molecule has 164 valence electrons. The first-order valence-corrected chi connectivity index (χ1v) is 12.5. The molecule has 0 bridgehead atoms. The Morgan fingerprint density at radius 1 is 0.933 bits per heavy atom. The molecule has 0 radical (unpaired) electrons. The molecule has 1 aromatic rings. The van der Waals surface area contributed by atoms with Crippen molar-refractivity contribution in [3.05, 3.63) is 34.4 Å². The van der Waals surface area contributed by atoms with Crippen LogP contribution in [0.5, 0.6) is 0 Å². The minimum atomic E-state index is -0.685. The Morgan fingerprint density at radius 2 is 1.67 bits per heavy atom. The second-order valence-corrected chi connectivity index (χ2v) is 10.4. The Hall–Kier alpha value is -1.43. The summed E-state index contributed by atoms with van der Waals surface area (Å²) in [5.74, 6) is 2.74. The first-order chi connectivity index (χ1) is 14.6. The maximum absolute atomic E-state index is 14.5. The topological polar surface area (TPSA) is 23.8 Å². The summed E-state index contributed by atoms with van der Waals surface area (Å²) in [5.41, 5.74) is 1.01. The monoisotopic (exact) mass is 413 g/mol. The molecule has 30 heavy (non-hydrogen) atoms. The number of hydrogen-bond acceptors (Lipinski definition) is 1. The van der Waals surface area contributed by atoms with Gasteiger partial charge in [0.15, 0.2) is 0 Å². The Morgan fingerprint density at radius 3 is 2.43 bits per heavy atom. The van der Waals surface area contributed by atoms with Crippen LogP contribution < -0.4 is 0 Å². The van der Waals surface area contributed by atoms with Gasteiger partial charge in [-0.15, -0.1) is 0 Å². The molecule has 0 aromatic heterocycles. The Bertz CT molecular complexity index is 780. The number of rotatable bonds is 6. The van der Waals surface area contributed by atoms with E-state index in [0.717, 1.165) is 36.2 Å². The van der Waals surface area contributed by atoms with Crippen LogP contribution in [0.3, 0.4) is 0 Å². The maximum Gasteiger partial charge on any atom is 0.147 e. The van der Waals surface area contributed by atoms with Gasteiger partial charge in [-0.2, -0.15) is 5.26 Å². The largest absolute Gasteiger partial charge is 0.205 e. The summed E-state index contributed by atoms with van der Waals surface area (Å²) in [6.07, 6.45) is 17.7. The minimum absolute atomic E-state index is 0.404. The fraction of sp³-hybridized carbons (Fsp3) is 0.741. The first kappa shape index (κ1) is 21.8. The third-order valence-corrected chi connectivity index (χ3v) is 8.67. The number of unbranched alkanes of at least 4 members (excludes halogenated alkanes) is 3. The SMILES string of the molecule is CCCCCCC1CCC2CC(C3CCc4c(cc(F)c(C#N)c4F)C3)CCC2C1. The van der Waals surface area contributed by atoms with E-state index >= 15 is 0 Å². The fourth-order valence-corrected chi connectivity index (χ4v) is 6.95. The highest BCUT2D eigenvalue weighted by Crippen LogP contribution is 2.49. The van der Waals surface area contributed by atoms with E-state index in [4.69, 9.17) is 5.26 Å². The van der Waals surface area contributed by atoms with Crippen molar-refractivity contribution in [3.63, 3.8) is 0 Å². The van der Waals surface area contributed by atoms with E-state index in [-0.39, 0.29) is 0 Å². The first-order valence-electron chi connectivity index (χ1n) is 12.5. The van der Waals surface area contributed by atoms with Gasteiger partial charge in [0.1, 0.15) is 23.3 Å². The lowest BCUT2D eigenvalue weighted by molar-refractivity contribution is 0.0688. The summed E-state index contributed by atoms with van der Waals surface area (Å²) >= 11 is 0. The van der Waals surface area contributed by atoms with Gasteiger partial charge in [-0.1, -0.05) is 45.4 Å². The second kappa shape index (κ2) is 9.80. The van der Waals surface area contributed by atoms with E-state index in [0.29, 0.717) is 23.8 Å². The molecule has 4 rings (SSSR count). The molecule has 3 heteroatoms. The van der Waals surface area contributed by atoms with Crippen molar-refractivity contribution in [2.24, 2.45) is 29.6 Å². The molecule has 2 fully saturated rings. The van der Waals surface area contributed by atoms with Crippen LogP contribution in [0.2, 0.25) is 0 Å². The van der Waals surface area contributed by atoms with Crippen molar-refractivity contribution in [1.29, 1.82) is 5.26 Å². The van der Waals surface area contributed by atoms with E-state index in [1.807, 2.05) is 0 Å². The zero-order valence-electron chi connectivity index (χ0n) is 18.6. The molecule has 5 atom stereocenters. The van der Waals surface area contributed by atoms with Gasteiger partial charge in [0.05, 0.1) is 0 Å². The van der Waals surface area contributed by atoms with Gasteiger partial charge in [0.25, 0.3) is 0 Å². The smallest absolute Gasteiger partial charge is 0.147 e. The third-order valence-electron chi connectivity index (χ3n) is 8.67. The number of nitriles is 1. The van der Waals surface area contributed by atoms with Gasteiger partial charge in [-0.25, -0.2) is 8.78 Å². The molecule has 1 nitrogen and oxygen atoms in total. The molecule has 0 spiro atoms. The molecule has 3 aliphatic carbocycles. The molecular weight excluding hydrogens is 376 g/mol. The van der Waals surface area contributed by atoms with Gasteiger partial charge < -0.3 is 0 Å². The van der Waals surface area contributed by atoms with Gasteiger partial charge in [0, 0.05) is 0 Å². The highest BCUT2D eigenvalue weighted by molar-refractivity contribution is 5.42. The summed E-state index contributed by atoms with van der Waals surface area (Å²) in [4.78, 5) is 0. The summed E-state index contributed by atoms with van der Waals surface area (Å²) in [6.45, 7) is 2.28. The van der Waals surface area contributed by atoms with E-state index in [1.54, 1.807) is 6.07 Å². The Labute approximate surface area is 181 Å². The van der Waals surface area contributed by atoms with Crippen LogP contribution in [0.4, 0.5) is 8.78 Å². The van der Waals surface area contributed by atoms with Crippen LogP contribution in [0.1, 0.15) is 101 Å². The van der Waals surface area contributed by atoms with E-state index in [9.17, 15) is 8.78 Å². The molecule has 5 unspecified atom stereocenters. The van der Waals surface area contributed by atoms with E-state index in [2.05, 4.69) is 6.92 Å². The molecule has 2 saturated carbocycles. The van der Waals surface area contributed by atoms with Crippen molar-refractivity contribution >= 4 is 0 Å². The number of fused-ring (bicyclic) bond motifs is 2. The molecule has 0 aliphatic heterocycles. The van der Waals surface area contributed by atoms with Crippen LogP contribution in [0.15, 0.2) is 6.07 Å². The lowest BCUT2D eigenvalue weighted by atomic mass is 9.60. The molecule has 0 amide bonds. The molecular formula is C27H37F2N. The van der Waals surface area contributed by atoms with Crippen molar-refractivity contribution in [2.45, 2.75) is 96.8 Å². The molecule has 0 N–H and O–H groups in total. The normalized spacial score (nSPS) is 30.9. The van der Waals surface area contributed by atoms with Gasteiger partial charge in [-0.05, 0) is 98.1 Å². The van der Waals surface area contributed by atoms with Crippen molar-refractivity contribution in [1.82, 2.24) is 0 Å². The molecule has 3 aliphatic rings. The van der Waals surface area contributed by atoms with E-state index < -0.39 is 17.2 Å². The Balaban J connectivity index is 1.33. The minimum Gasteiger partial charge on any atom is -0.205 e. The molecule has 0 heterocycles. The van der Waals surface area contributed by atoms with Gasteiger partial charge in [-0.3, -0.25) is 0 Å². The second-order valence-electron chi connectivity index (χ2n) is 10.4. The van der Waals surface area contributed by atoms with Crippen molar-refractivity contribution < 1.29 is 8.78 Å². The number of benzene rings is 1. The number of halogens is 2. The zero-order chi connectivity index (χ0) is 21.1. The lowest BCUT2D eigenvalue weighted by Crippen LogP contribution is -2.35. The number of nitrogens with zero attached hydrogens (tertiary/aromatic N) is 1. The van der Waals surface area contributed by atoms with Crippen molar-refractivity contribution in [2.75, 3.05) is 0 Å². The Kier molecular flexibility index (Phi) is 7.12. The van der Waals surface area contributed by atoms with Crippen molar-refractivity contribution in [3.8, 4) is 6.07 Å². The van der Waals surface area contributed by atoms with Crippen LogP contribution in [0, 0.1) is 52.6 Å². The quantitative estimate of drug-likeness (QED) is 0.437. The highest BCUT2D eigenvalue weighted by Gasteiger charge is 2.39. The fourth-order valence-electron chi connectivity index (χ4n) is 6.95. The average molecular weight is 414 g/mol.